The van der Waals surface area contributed by atoms with Crippen LogP contribution in [-0.2, 0) is 6.42 Å². The van der Waals surface area contributed by atoms with Crippen LogP contribution < -0.4 is 5.56 Å². The van der Waals surface area contributed by atoms with E-state index in [-0.39, 0.29) is 17.2 Å². The van der Waals surface area contributed by atoms with E-state index in [1.165, 1.54) is 6.07 Å². The van der Waals surface area contributed by atoms with Crippen LogP contribution in [0.5, 0.6) is 0 Å². The summed E-state index contributed by atoms with van der Waals surface area (Å²) < 4.78 is 6.83. The zero-order valence-corrected chi connectivity index (χ0v) is 12.4. The minimum absolute atomic E-state index is 0.0960. The standard InChI is InChI=1S/C16H19NO4/c1-10-9-14(18)17(12(3)15(10)16(19)20)11(2)6-7-13-5-4-8-21-13/h4-5,8-9,11H,6-7H2,1-3H3,(H,19,20). The molecule has 1 atom stereocenters. The van der Waals surface area contributed by atoms with Crippen LogP contribution in [0.1, 0.15) is 46.8 Å². The minimum atomic E-state index is -1.00. The van der Waals surface area contributed by atoms with Crippen molar-refractivity contribution in [2.24, 2.45) is 0 Å². The van der Waals surface area contributed by atoms with E-state index in [1.54, 1.807) is 24.7 Å². The van der Waals surface area contributed by atoms with Crippen molar-refractivity contribution in [2.75, 3.05) is 0 Å². The summed E-state index contributed by atoms with van der Waals surface area (Å²) in [5, 5.41) is 9.29. The smallest absolute Gasteiger partial charge is 0.337 e. The highest BCUT2D eigenvalue weighted by atomic mass is 16.4. The molecule has 1 unspecified atom stereocenters. The number of pyridine rings is 1. The zero-order chi connectivity index (χ0) is 15.6. The number of rotatable bonds is 5. The van der Waals surface area contributed by atoms with E-state index in [2.05, 4.69) is 0 Å². The molecule has 0 fully saturated rings. The molecule has 5 heteroatoms. The highest BCUT2D eigenvalue weighted by Crippen LogP contribution is 2.19. The first-order valence-electron chi connectivity index (χ1n) is 6.90. The molecule has 0 aromatic carbocycles. The summed E-state index contributed by atoms with van der Waals surface area (Å²) in [7, 11) is 0. The molecule has 0 saturated carbocycles. The van der Waals surface area contributed by atoms with E-state index >= 15 is 0 Å². The molecule has 21 heavy (non-hydrogen) atoms. The fourth-order valence-electron chi connectivity index (χ4n) is 2.70. The van der Waals surface area contributed by atoms with Crippen molar-refractivity contribution >= 4 is 5.97 Å². The average Bonchev–Trinajstić information content (AvgIpc) is 2.88. The normalized spacial score (nSPS) is 12.3. The van der Waals surface area contributed by atoms with Gasteiger partial charge in [0.1, 0.15) is 5.76 Å². The minimum Gasteiger partial charge on any atom is -0.478 e. The van der Waals surface area contributed by atoms with Gasteiger partial charge in [0.15, 0.2) is 0 Å². The summed E-state index contributed by atoms with van der Waals surface area (Å²) >= 11 is 0. The van der Waals surface area contributed by atoms with Crippen molar-refractivity contribution in [3.05, 3.63) is 57.4 Å². The van der Waals surface area contributed by atoms with Crippen LogP contribution in [0.4, 0.5) is 0 Å². The van der Waals surface area contributed by atoms with Gasteiger partial charge in [-0.1, -0.05) is 0 Å². The van der Waals surface area contributed by atoms with Crippen LogP contribution in [-0.4, -0.2) is 15.6 Å². The van der Waals surface area contributed by atoms with Crippen molar-refractivity contribution in [3.8, 4) is 0 Å². The summed E-state index contributed by atoms with van der Waals surface area (Å²) in [6.45, 7) is 5.25. The molecule has 5 nitrogen and oxygen atoms in total. The molecular formula is C16H19NO4. The maximum Gasteiger partial charge on any atom is 0.337 e. The van der Waals surface area contributed by atoms with Gasteiger partial charge in [-0.3, -0.25) is 4.79 Å². The number of nitrogens with zero attached hydrogens (tertiary/aromatic N) is 1. The summed E-state index contributed by atoms with van der Waals surface area (Å²) in [5.41, 5.74) is 1.04. The van der Waals surface area contributed by atoms with Gasteiger partial charge in [-0.2, -0.15) is 0 Å². The molecule has 0 aliphatic heterocycles. The number of carboxylic acids is 1. The summed E-state index contributed by atoms with van der Waals surface area (Å²) in [4.78, 5) is 23.5. The number of aromatic nitrogens is 1. The van der Waals surface area contributed by atoms with Gasteiger partial charge in [-0.15, -0.1) is 0 Å². The first-order chi connectivity index (χ1) is 9.91. The molecule has 2 rings (SSSR count). The van der Waals surface area contributed by atoms with E-state index < -0.39 is 5.97 Å². The zero-order valence-electron chi connectivity index (χ0n) is 12.4. The molecule has 2 heterocycles. The second-order valence-electron chi connectivity index (χ2n) is 5.27. The largest absolute Gasteiger partial charge is 0.478 e. The SMILES string of the molecule is Cc1cc(=O)n(C(C)CCc2ccco2)c(C)c1C(=O)O. The fourth-order valence-corrected chi connectivity index (χ4v) is 2.70. The Balaban J connectivity index is 2.32. The van der Waals surface area contributed by atoms with Crippen LogP contribution in [0.3, 0.4) is 0 Å². The van der Waals surface area contributed by atoms with Gasteiger partial charge >= 0.3 is 5.97 Å². The van der Waals surface area contributed by atoms with E-state index in [9.17, 15) is 14.7 Å². The lowest BCUT2D eigenvalue weighted by Crippen LogP contribution is -2.28. The molecule has 0 aliphatic rings. The maximum absolute atomic E-state index is 12.2. The molecule has 1 N–H and O–H groups in total. The molecule has 0 bridgehead atoms. The summed E-state index contributed by atoms with van der Waals surface area (Å²) in [6, 6.07) is 5.01. The summed E-state index contributed by atoms with van der Waals surface area (Å²) in [5.74, 6) is -0.143. The van der Waals surface area contributed by atoms with Gasteiger partial charge < -0.3 is 14.1 Å². The molecule has 0 radical (unpaired) electrons. The number of hydrogen-bond acceptors (Lipinski definition) is 3. The number of carbonyl (C=O) groups is 1. The monoisotopic (exact) mass is 289 g/mol. The number of furan rings is 1. The molecule has 0 saturated heterocycles. The van der Waals surface area contributed by atoms with Gasteiger partial charge in [0.2, 0.25) is 0 Å². The van der Waals surface area contributed by atoms with Gasteiger partial charge in [-0.25, -0.2) is 4.79 Å². The topological polar surface area (TPSA) is 72.4 Å². The molecule has 0 aliphatic carbocycles. The second kappa shape index (κ2) is 5.99. The molecule has 2 aromatic heterocycles. The maximum atomic E-state index is 12.2. The van der Waals surface area contributed by atoms with Gasteiger partial charge in [0.25, 0.3) is 5.56 Å². The van der Waals surface area contributed by atoms with Crippen LogP contribution in [0.2, 0.25) is 0 Å². The third kappa shape index (κ3) is 3.07. The summed E-state index contributed by atoms with van der Waals surface area (Å²) in [6.07, 6.45) is 3.03. The number of carboxylic acid groups (broad SMARTS) is 1. The van der Waals surface area contributed by atoms with Crippen molar-refractivity contribution in [1.29, 1.82) is 0 Å². The highest BCUT2D eigenvalue weighted by molar-refractivity contribution is 5.90. The van der Waals surface area contributed by atoms with Gasteiger partial charge in [-0.05, 0) is 44.9 Å². The predicted molar refractivity (Wildman–Crippen MR) is 78.9 cm³/mol. The fraction of sp³-hybridized carbons (Fsp3) is 0.375. The van der Waals surface area contributed by atoms with Gasteiger partial charge in [0.05, 0.1) is 11.8 Å². The Hall–Kier alpha value is -2.30. The van der Waals surface area contributed by atoms with E-state index in [0.717, 1.165) is 5.76 Å². The number of aromatic carboxylic acids is 1. The van der Waals surface area contributed by atoms with Crippen LogP contribution in [0.25, 0.3) is 0 Å². The lowest BCUT2D eigenvalue weighted by atomic mass is 10.1. The Morgan fingerprint density at radius 3 is 2.71 bits per heavy atom. The first-order valence-corrected chi connectivity index (χ1v) is 6.90. The molecule has 2 aromatic rings. The highest BCUT2D eigenvalue weighted by Gasteiger charge is 2.18. The predicted octanol–water partition coefficient (Wildman–Crippen LogP) is 2.95. The van der Waals surface area contributed by atoms with Crippen molar-refractivity contribution in [3.63, 3.8) is 0 Å². The quantitative estimate of drug-likeness (QED) is 0.918. The lowest BCUT2D eigenvalue weighted by molar-refractivity contribution is 0.0694. The molecular weight excluding hydrogens is 270 g/mol. The third-order valence-corrected chi connectivity index (χ3v) is 3.74. The second-order valence-corrected chi connectivity index (χ2v) is 5.27. The average molecular weight is 289 g/mol. The number of aryl methyl sites for hydroxylation is 2. The Labute approximate surface area is 122 Å². The Morgan fingerprint density at radius 2 is 2.14 bits per heavy atom. The van der Waals surface area contributed by atoms with Crippen molar-refractivity contribution in [2.45, 2.75) is 39.7 Å². The van der Waals surface area contributed by atoms with Crippen LogP contribution in [0, 0.1) is 13.8 Å². The third-order valence-electron chi connectivity index (χ3n) is 3.74. The van der Waals surface area contributed by atoms with Crippen LogP contribution in [0.15, 0.2) is 33.7 Å². The molecule has 0 amide bonds. The van der Waals surface area contributed by atoms with Gasteiger partial charge in [0, 0.05) is 24.2 Å². The van der Waals surface area contributed by atoms with Crippen molar-refractivity contribution < 1.29 is 14.3 Å². The lowest BCUT2D eigenvalue weighted by Gasteiger charge is -2.20. The van der Waals surface area contributed by atoms with E-state index in [1.807, 2.05) is 19.1 Å². The van der Waals surface area contributed by atoms with Crippen molar-refractivity contribution in [1.82, 2.24) is 4.57 Å². The van der Waals surface area contributed by atoms with E-state index in [4.69, 9.17) is 4.42 Å². The Bertz CT molecular complexity index is 698. The van der Waals surface area contributed by atoms with Crippen LogP contribution >= 0.6 is 0 Å². The Morgan fingerprint density at radius 1 is 1.43 bits per heavy atom. The van der Waals surface area contributed by atoms with E-state index in [0.29, 0.717) is 24.1 Å². The Kier molecular flexibility index (Phi) is 4.31. The molecule has 112 valence electrons. The number of hydrogen-bond donors (Lipinski definition) is 1. The molecule has 0 spiro atoms. The first kappa shape index (κ1) is 15.1.